The second kappa shape index (κ2) is 9.19. The van der Waals surface area contributed by atoms with Gasteiger partial charge >= 0.3 is 0 Å². The van der Waals surface area contributed by atoms with E-state index in [9.17, 15) is 4.79 Å². The molecule has 0 heterocycles. The van der Waals surface area contributed by atoms with Crippen molar-refractivity contribution in [1.29, 1.82) is 0 Å². The molecule has 0 spiro atoms. The molecule has 0 aliphatic rings. The van der Waals surface area contributed by atoms with Gasteiger partial charge in [0.15, 0.2) is 0 Å². The molecular weight excluding hydrogens is 320 g/mol. The number of hydrogen-bond acceptors (Lipinski definition) is 3. The van der Waals surface area contributed by atoms with Crippen molar-refractivity contribution in [2.24, 2.45) is 0 Å². The summed E-state index contributed by atoms with van der Waals surface area (Å²) in [6.45, 7) is 1.43. The highest BCUT2D eigenvalue weighted by Gasteiger charge is 2.06. The van der Waals surface area contributed by atoms with Crippen molar-refractivity contribution in [3.05, 3.63) is 28.7 Å². The molecule has 1 N–H and O–H groups in total. The van der Waals surface area contributed by atoms with Crippen LogP contribution in [-0.4, -0.2) is 44.6 Å². The van der Waals surface area contributed by atoms with Crippen LogP contribution >= 0.6 is 28.3 Å². The van der Waals surface area contributed by atoms with Crippen LogP contribution in [-0.2, 0) is 4.79 Å². The van der Waals surface area contributed by atoms with Gasteiger partial charge in [-0.2, -0.15) is 0 Å². The number of ether oxygens (including phenoxy) is 1. The molecular formula is C12H18BrClN2O2. The summed E-state index contributed by atoms with van der Waals surface area (Å²) in [5.74, 6) is 0.870. The number of benzene rings is 1. The lowest BCUT2D eigenvalue weighted by Gasteiger charge is -2.17. The zero-order chi connectivity index (χ0) is 12.7. The van der Waals surface area contributed by atoms with Crippen molar-refractivity contribution >= 4 is 34.2 Å². The van der Waals surface area contributed by atoms with Gasteiger partial charge < -0.3 is 15.0 Å². The van der Waals surface area contributed by atoms with Crippen LogP contribution in [0.2, 0.25) is 0 Å². The van der Waals surface area contributed by atoms with Crippen molar-refractivity contribution < 1.29 is 9.53 Å². The lowest BCUT2D eigenvalue weighted by Crippen LogP contribution is -2.36. The van der Waals surface area contributed by atoms with Gasteiger partial charge in [0.2, 0.25) is 5.91 Å². The third-order valence-electron chi connectivity index (χ3n) is 2.26. The number of carbonyl (C=O) groups is 1. The zero-order valence-electron chi connectivity index (χ0n) is 10.5. The normalized spacial score (nSPS) is 9.50. The third-order valence-corrected chi connectivity index (χ3v) is 2.79. The molecule has 102 valence electrons. The maximum atomic E-state index is 11.4. The molecule has 0 radical (unpaired) electrons. The first-order valence-electron chi connectivity index (χ1n) is 5.40. The zero-order valence-corrected chi connectivity index (χ0v) is 12.9. The van der Waals surface area contributed by atoms with Crippen LogP contribution < -0.4 is 10.1 Å². The Morgan fingerprint density at radius 3 is 2.56 bits per heavy atom. The number of likely N-dealkylation sites (N-methyl/N-ethyl adjacent to an activating group) is 2. The van der Waals surface area contributed by atoms with Gasteiger partial charge in [-0.05, 0) is 31.3 Å². The van der Waals surface area contributed by atoms with Crippen molar-refractivity contribution in [3.8, 4) is 5.75 Å². The monoisotopic (exact) mass is 336 g/mol. The molecule has 6 heteroatoms. The van der Waals surface area contributed by atoms with E-state index in [1.807, 2.05) is 24.3 Å². The van der Waals surface area contributed by atoms with Crippen LogP contribution in [0.25, 0.3) is 0 Å². The first kappa shape index (κ1) is 17.2. The van der Waals surface area contributed by atoms with Gasteiger partial charge in [0.25, 0.3) is 0 Å². The Labute approximate surface area is 122 Å². The second-order valence-electron chi connectivity index (χ2n) is 3.65. The number of hydrogen-bond donors (Lipinski definition) is 1. The SMILES string of the molecule is CNCC(=O)N(C)CCOc1ccc(Br)cc1.Cl. The van der Waals surface area contributed by atoms with Gasteiger partial charge in [0.05, 0.1) is 13.1 Å². The Morgan fingerprint density at radius 2 is 2.00 bits per heavy atom. The number of nitrogens with zero attached hydrogens (tertiary/aromatic N) is 1. The maximum Gasteiger partial charge on any atom is 0.236 e. The van der Waals surface area contributed by atoms with Crippen molar-refractivity contribution in [2.45, 2.75) is 0 Å². The van der Waals surface area contributed by atoms with E-state index in [1.165, 1.54) is 0 Å². The minimum atomic E-state index is 0. The van der Waals surface area contributed by atoms with Gasteiger partial charge in [0.1, 0.15) is 12.4 Å². The standard InChI is InChI=1S/C12H17BrN2O2.ClH/c1-14-9-12(16)15(2)7-8-17-11-5-3-10(13)4-6-11;/h3-6,14H,7-9H2,1-2H3;1H. The molecule has 1 amide bonds. The van der Waals surface area contributed by atoms with E-state index >= 15 is 0 Å². The number of carbonyl (C=O) groups excluding carboxylic acids is 1. The van der Waals surface area contributed by atoms with E-state index in [2.05, 4.69) is 21.2 Å². The third kappa shape index (κ3) is 6.23. The van der Waals surface area contributed by atoms with Gasteiger partial charge in [-0.25, -0.2) is 0 Å². The predicted octanol–water partition coefficient (Wildman–Crippen LogP) is 1.93. The molecule has 1 aromatic rings. The van der Waals surface area contributed by atoms with E-state index in [1.54, 1.807) is 19.0 Å². The van der Waals surface area contributed by atoms with E-state index in [0.29, 0.717) is 19.7 Å². The van der Waals surface area contributed by atoms with Crippen LogP contribution in [0.1, 0.15) is 0 Å². The van der Waals surface area contributed by atoms with Crippen LogP contribution in [0.15, 0.2) is 28.7 Å². The van der Waals surface area contributed by atoms with Gasteiger partial charge in [-0.1, -0.05) is 15.9 Å². The molecule has 0 aliphatic carbocycles. The summed E-state index contributed by atoms with van der Waals surface area (Å²) in [7, 11) is 3.52. The average molecular weight is 338 g/mol. The number of nitrogens with one attached hydrogen (secondary N) is 1. The fraction of sp³-hybridized carbons (Fsp3) is 0.417. The van der Waals surface area contributed by atoms with Gasteiger partial charge in [-0.15, -0.1) is 12.4 Å². The lowest BCUT2D eigenvalue weighted by atomic mass is 10.3. The predicted molar refractivity (Wildman–Crippen MR) is 78.4 cm³/mol. The first-order chi connectivity index (χ1) is 8.13. The Balaban J connectivity index is 0.00000289. The van der Waals surface area contributed by atoms with Crippen LogP contribution in [0, 0.1) is 0 Å². The van der Waals surface area contributed by atoms with Crippen molar-refractivity contribution in [1.82, 2.24) is 10.2 Å². The summed E-state index contributed by atoms with van der Waals surface area (Å²) in [6.07, 6.45) is 0. The van der Waals surface area contributed by atoms with Crippen molar-refractivity contribution in [2.75, 3.05) is 33.8 Å². The van der Waals surface area contributed by atoms with Crippen molar-refractivity contribution in [3.63, 3.8) is 0 Å². The highest BCUT2D eigenvalue weighted by atomic mass is 79.9. The molecule has 0 atom stereocenters. The smallest absolute Gasteiger partial charge is 0.236 e. The molecule has 0 aromatic heterocycles. The first-order valence-corrected chi connectivity index (χ1v) is 6.19. The molecule has 0 saturated heterocycles. The fourth-order valence-corrected chi connectivity index (χ4v) is 1.51. The van der Waals surface area contributed by atoms with Gasteiger partial charge in [-0.3, -0.25) is 4.79 Å². The van der Waals surface area contributed by atoms with Crippen LogP contribution in [0.5, 0.6) is 5.75 Å². The quantitative estimate of drug-likeness (QED) is 0.862. The molecule has 1 aromatic carbocycles. The minimum absolute atomic E-state index is 0. The molecule has 0 saturated carbocycles. The molecule has 0 aliphatic heterocycles. The van der Waals surface area contributed by atoms with Crippen LogP contribution in [0.4, 0.5) is 0 Å². The fourth-order valence-electron chi connectivity index (χ4n) is 1.24. The second-order valence-corrected chi connectivity index (χ2v) is 4.56. The Morgan fingerprint density at radius 1 is 1.39 bits per heavy atom. The number of rotatable bonds is 6. The van der Waals surface area contributed by atoms with Crippen LogP contribution in [0.3, 0.4) is 0 Å². The average Bonchev–Trinajstić information content (AvgIpc) is 2.32. The molecule has 1 rings (SSSR count). The topological polar surface area (TPSA) is 41.6 Å². The van der Waals surface area contributed by atoms with E-state index in [-0.39, 0.29) is 18.3 Å². The lowest BCUT2D eigenvalue weighted by molar-refractivity contribution is -0.129. The Bertz CT molecular complexity index is 360. The minimum Gasteiger partial charge on any atom is -0.492 e. The summed E-state index contributed by atoms with van der Waals surface area (Å²) < 4.78 is 6.54. The maximum absolute atomic E-state index is 11.4. The molecule has 18 heavy (non-hydrogen) atoms. The molecule has 0 unspecified atom stereocenters. The summed E-state index contributed by atoms with van der Waals surface area (Å²) in [5, 5.41) is 2.83. The largest absolute Gasteiger partial charge is 0.492 e. The number of halogens is 2. The summed E-state index contributed by atoms with van der Waals surface area (Å²) >= 11 is 3.36. The highest BCUT2D eigenvalue weighted by Crippen LogP contribution is 2.15. The molecule has 4 nitrogen and oxygen atoms in total. The van der Waals surface area contributed by atoms with E-state index < -0.39 is 0 Å². The Hall–Kier alpha value is -0.780. The molecule has 0 bridgehead atoms. The van der Waals surface area contributed by atoms with Gasteiger partial charge in [0, 0.05) is 11.5 Å². The number of amides is 1. The summed E-state index contributed by atoms with van der Waals surface area (Å²) in [6, 6.07) is 7.62. The Kier molecular flexibility index (Phi) is 8.79. The van der Waals surface area contributed by atoms with E-state index in [0.717, 1.165) is 10.2 Å². The highest BCUT2D eigenvalue weighted by molar-refractivity contribution is 9.10. The van der Waals surface area contributed by atoms with E-state index in [4.69, 9.17) is 4.74 Å². The summed E-state index contributed by atoms with van der Waals surface area (Å²) in [5.41, 5.74) is 0. The molecule has 0 fully saturated rings. The summed E-state index contributed by atoms with van der Waals surface area (Å²) in [4.78, 5) is 13.1.